The number of carbonyl (C=O) groups is 2. The Labute approximate surface area is 195 Å². The molecule has 0 amide bonds. The second-order valence-electron chi connectivity index (χ2n) is 8.79. The van der Waals surface area contributed by atoms with E-state index < -0.39 is 12.3 Å². The van der Waals surface area contributed by atoms with Gasteiger partial charge < -0.3 is 19.1 Å². The summed E-state index contributed by atoms with van der Waals surface area (Å²) in [7, 11) is 0. The van der Waals surface area contributed by atoms with Crippen molar-refractivity contribution < 1.29 is 23.8 Å². The van der Waals surface area contributed by atoms with Gasteiger partial charge in [0.05, 0.1) is 13.2 Å². The smallest absolute Gasteiger partial charge is 0.429 e. The number of hydrogen-bond acceptors (Lipinski definition) is 6. The summed E-state index contributed by atoms with van der Waals surface area (Å²) < 4.78 is 16.8. The molecule has 1 heterocycles. The van der Waals surface area contributed by atoms with Crippen LogP contribution in [0.3, 0.4) is 0 Å². The highest BCUT2D eigenvalue weighted by atomic mass is 16.7. The summed E-state index contributed by atoms with van der Waals surface area (Å²) in [4.78, 5) is 27.5. The predicted molar refractivity (Wildman–Crippen MR) is 127 cm³/mol. The lowest BCUT2D eigenvalue weighted by Crippen LogP contribution is -2.36. The van der Waals surface area contributed by atoms with Crippen molar-refractivity contribution in [1.82, 2.24) is 0 Å². The van der Waals surface area contributed by atoms with E-state index in [1.165, 1.54) is 0 Å². The lowest BCUT2D eigenvalue weighted by Gasteiger charge is -2.31. The molecule has 0 spiro atoms. The van der Waals surface area contributed by atoms with Crippen molar-refractivity contribution in [3.8, 4) is 0 Å². The van der Waals surface area contributed by atoms with Crippen molar-refractivity contribution in [3.63, 3.8) is 0 Å². The molecule has 174 valence electrons. The molecular formula is C27H31NO5. The summed E-state index contributed by atoms with van der Waals surface area (Å²) in [5.41, 5.74) is 4.26. The van der Waals surface area contributed by atoms with Crippen LogP contribution in [0.4, 0.5) is 10.5 Å². The van der Waals surface area contributed by atoms with E-state index in [-0.39, 0.29) is 24.2 Å². The molecule has 6 heteroatoms. The van der Waals surface area contributed by atoms with Crippen molar-refractivity contribution in [2.75, 3.05) is 31.2 Å². The Morgan fingerprint density at radius 3 is 2.48 bits per heavy atom. The van der Waals surface area contributed by atoms with Gasteiger partial charge in [-0.2, -0.15) is 0 Å². The van der Waals surface area contributed by atoms with E-state index >= 15 is 0 Å². The Kier molecular flexibility index (Phi) is 7.14. The fourth-order valence-electron chi connectivity index (χ4n) is 4.44. The molecule has 0 aromatic heterocycles. The van der Waals surface area contributed by atoms with Crippen LogP contribution in [-0.2, 0) is 25.6 Å². The molecule has 1 aliphatic carbocycles. The first-order valence-corrected chi connectivity index (χ1v) is 11.5. The number of ether oxygens (including phenoxy) is 3. The standard InChI is InChI=1S/C27H31NO5/c1-18-15-24(20(3)29)23-10-9-22(28-11-13-31-14-12-28)16-25(23)26(19(18)2)33-27(30)32-17-21-7-5-4-6-8-21/h4-10,15-16,18-19,26H,11-14,17H2,1-3H3/t18-,19+,26-/m1/s1. The quantitative estimate of drug-likeness (QED) is 0.587. The SMILES string of the molecule is CC(=O)C1=C[C@@H](C)[C@H](C)[C@@H](OC(=O)OCc2ccccc2)c2cc(N3CCOCC3)ccc21. The third-order valence-electron chi connectivity index (χ3n) is 6.55. The molecule has 6 nitrogen and oxygen atoms in total. The summed E-state index contributed by atoms with van der Waals surface area (Å²) in [5, 5.41) is 0. The monoisotopic (exact) mass is 449 g/mol. The molecule has 2 aromatic carbocycles. The number of rotatable bonds is 5. The number of benzene rings is 2. The van der Waals surface area contributed by atoms with E-state index in [0.717, 1.165) is 35.5 Å². The van der Waals surface area contributed by atoms with Crippen molar-refractivity contribution in [3.05, 3.63) is 71.3 Å². The average Bonchev–Trinajstić information content (AvgIpc) is 2.94. The molecule has 1 fully saturated rings. The summed E-state index contributed by atoms with van der Waals surface area (Å²) in [6.45, 7) is 8.77. The van der Waals surface area contributed by atoms with Gasteiger partial charge in [-0.1, -0.05) is 56.3 Å². The average molecular weight is 450 g/mol. The van der Waals surface area contributed by atoms with E-state index in [1.807, 2.05) is 62.4 Å². The summed E-state index contributed by atoms with van der Waals surface area (Å²) in [6.07, 6.45) is 0.753. The van der Waals surface area contributed by atoms with Gasteiger partial charge in [-0.3, -0.25) is 4.79 Å². The number of hydrogen-bond donors (Lipinski definition) is 0. The van der Waals surface area contributed by atoms with E-state index in [2.05, 4.69) is 11.0 Å². The Hall–Kier alpha value is -3.12. The molecule has 0 N–H and O–H groups in total. The normalized spacial score (nSPS) is 22.6. The van der Waals surface area contributed by atoms with Gasteiger partial charge in [0, 0.05) is 35.8 Å². The molecule has 0 saturated carbocycles. The van der Waals surface area contributed by atoms with E-state index in [9.17, 15) is 9.59 Å². The van der Waals surface area contributed by atoms with E-state index in [1.54, 1.807) is 6.92 Å². The molecule has 0 bridgehead atoms. The zero-order chi connectivity index (χ0) is 23.4. The lowest BCUT2D eigenvalue weighted by atomic mass is 9.88. The Bertz CT molecular complexity index is 1030. The van der Waals surface area contributed by atoms with E-state index in [0.29, 0.717) is 18.8 Å². The van der Waals surface area contributed by atoms with Gasteiger partial charge in [-0.05, 0) is 36.1 Å². The van der Waals surface area contributed by atoms with Gasteiger partial charge in [-0.15, -0.1) is 0 Å². The molecule has 2 aromatic rings. The largest absolute Gasteiger partial charge is 0.509 e. The number of fused-ring (bicyclic) bond motifs is 1. The highest BCUT2D eigenvalue weighted by Crippen LogP contribution is 2.42. The topological polar surface area (TPSA) is 65.1 Å². The van der Waals surface area contributed by atoms with Crippen LogP contribution >= 0.6 is 0 Å². The van der Waals surface area contributed by atoms with Crippen molar-refractivity contribution in [2.24, 2.45) is 11.8 Å². The van der Waals surface area contributed by atoms with Gasteiger partial charge in [0.25, 0.3) is 0 Å². The number of anilines is 1. The Morgan fingerprint density at radius 1 is 1.06 bits per heavy atom. The van der Waals surface area contributed by atoms with Crippen LogP contribution in [0.5, 0.6) is 0 Å². The van der Waals surface area contributed by atoms with Gasteiger partial charge in [-0.25, -0.2) is 4.79 Å². The van der Waals surface area contributed by atoms with Crippen LogP contribution in [-0.4, -0.2) is 38.2 Å². The molecule has 1 saturated heterocycles. The summed E-state index contributed by atoms with van der Waals surface area (Å²) in [5.74, 6) is 0.00148. The van der Waals surface area contributed by atoms with Crippen LogP contribution in [0.25, 0.3) is 5.57 Å². The molecule has 3 atom stereocenters. The third kappa shape index (κ3) is 5.28. The predicted octanol–water partition coefficient (Wildman–Crippen LogP) is 5.18. The van der Waals surface area contributed by atoms with Gasteiger partial charge in [0.15, 0.2) is 5.78 Å². The van der Waals surface area contributed by atoms with Crippen LogP contribution < -0.4 is 4.90 Å². The molecule has 2 aliphatic rings. The fraction of sp³-hybridized carbons (Fsp3) is 0.407. The summed E-state index contributed by atoms with van der Waals surface area (Å²) >= 11 is 0. The number of nitrogens with zero attached hydrogens (tertiary/aromatic N) is 1. The maximum absolute atomic E-state index is 12.7. The highest BCUT2D eigenvalue weighted by molar-refractivity contribution is 6.20. The Morgan fingerprint density at radius 2 is 1.79 bits per heavy atom. The van der Waals surface area contributed by atoms with Crippen LogP contribution in [0, 0.1) is 11.8 Å². The van der Waals surface area contributed by atoms with Crippen molar-refractivity contribution in [1.29, 1.82) is 0 Å². The first kappa shape index (κ1) is 23.1. The second kappa shape index (κ2) is 10.2. The van der Waals surface area contributed by atoms with Gasteiger partial charge in [0.1, 0.15) is 12.7 Å². The lowest BCUT2D eigenvalue weighted by molar-refractivity contribution is -0.111. The van der Waals surface area contributed by atoms with Crippen molar-refractivity contribution >= 4 is 23.2 Å². The molecular weight excluding hydrogens is 418 g/mol. The molecule has 0 radical (unpaired) electrons. The minimum Gasteiger partial charge on any atom is -0.429 e. The zero-order valence-electron chi connectivity index (χ0n) is 19.5. The number of Topliss-reactive ketones (excluding diaryl/α,β-unsaturated/α-hetero) is 1. The molecule has 1 aliphatic heterocycles. The zero-order valence-corrected chi connectivity index (χ0v) is 19.5. The second-order valence-corrected chi connectivity index (χ2v) is 8.79. The minimum absolute atomic E-state index is 0.00160. The Balaban J connectivity index is 1.64. The minimum atomic E-state index is -0.711. The van der Waals surface area contributed by atoms with Crippen LogP contribution in [0.15, 0.2) is 54.6 Å². The number of ketones is 1. The van der Waals surface area contributed by atoms with Gasteiger partial charge in [0.2, 0.25) is 0 Å². The summed E-state index contributed by atoms with van der Waals surface area (Å²) in [6, 6.07) is 15.6. The number of allylic oxidation sites excluding steroid dienone is 2. The maximum Gasteiger partial charge on any atom is 0.509 e. The van der Waals surface area contributed by atoms with Crippen LogP contribution in [0.2, 0.25) is 0 Å². The molecule has 0 unspecified atom stereocenters. The van der Waals surface area contributed by atoms with E-state index in [4.69, 9.17) is 14.2 Å². The third-order valence-corrected chi connectivity index (χ3v) is 6.55. The first-order valence-electron chi connectivity index (χ1n) is 11.5. The van der Waals surface area contributed by atoms with Gasteiger partial charge >= 0.3 is 6.16 Å². The molecule has 33 heavy (non-hydrogen) atoms. The first-order chi connectivity index (χ1) is 15.9. The fourth-order valence-corrected chi connectivity index (χ4v) is 4.44. The van der Waals surface area contributed by atoms with Crippen LogP contribution in [0.1, 0.15) is 43.6 Å². The van der Waals surface area contributed by atoms with Crippen molar-refractivity contribution in [2.45, 2.75) is 33.5 Å². The number of morpholine rings is 1. The highest BCUT2D eigenvalue weighted by Gasteiger charge is 2.34. The maximum atomic E-state index is 12.7. The number of carbonyl (C=O) groups excluding carboxylic acids is 2. The molecule has 4 rings (SSSR count).